The van der Waals surface area contributed by atoms with Crippen molar-refractivity contribution in [3.63, 3.8) is 0 Å². The SMILES string of the molecule is CC(C)CC(CCl)NC(=O)Cc1cccc(Br)c1. The number of carbonyl (C=O) groups is 1. The monoisotopic (exact) mass is 331 g/mol. The zero-order chi connectivity index (χ0) is 13.5. The molecule has 100 valence electrons. The third-order valence-electron chi connectivity index (χ3n) is 2.56. The summed E-state index contributed by atoms with van der Waals surface area (Å²) in [4.78, 5) is 11.9. The molecule has 1 unspecified atom stereocenters. The summed E-state index contributed by atoms with van der Waals surface area (Å²) in [6.45, 7) is 4.25. The number of alkyl halides is 1. The van der Waals surface area contributed by atoms with Gasteiger partial charge in [0.15, 0.2) is 0 Å². The van der Waals surface area contributed by atoms with Gasteiger partial charge in [-0.15, -0.1) is 11.6 Å². The normalized spacial score (nSPS) is 12.5. The lowest BCUT2D eigenvalue weighted by Gasteiger charge is -2.18. The lowest BCUT2D eigenvalue weighted by Crippen LogP contribution is -2.38. The van der Waals surface area contributed by atoms with Gasteiger partial charge >= 0.3 is 0 Å². The summed E-state index contributed by atoms with van der Waals surface area (Å²) in [5, 5.41) is 2.98. The first-order chi connectivity index (χ1) is 8.51. The van der Waals surface area contributed by atoms with Crippen LogP contribution in [0, 0.1) is 5.92 Å². The van der Waals surface area contributed by atoms with Crippen molar-refractivity contribution < 1.29 is 4.79 Å². The van der Waals surface area contributed by atoms with Crippen LogP contribution in [0.3, 0.4) is 0 Å². The van der Waals surface area contributed by atoms with Crippen LogP contribution in [0.1, 0.15) is 25.8 Å². The molecule has 0 saturated heterocycles. The number of nitrogens with one attached hydrogen (secondary N) is 1. The Morgan fingerprint density at radius 2 is 2.17 bits per heavy atom. The molecule has 0 radical (unpaired) electrons. The van der Waals surface area contributed by atoms with Gasteiger partial charge in [0.1, 0.15) is 0 Å². The highest BCUT2D eigenvalue weighted by Gasteiger charge is 2.13. The number of halogens is 2. The molecule has 1 aromatic carbocycles. The Kier molecular flexibility index (Phi) is 6.72. The summed E-state index contributed by atoms with van der Waals surface area (Å²) >= 11 is 9.26. The summed E-state index contributed by atoms with van der Waals surface area (Å²) in [5.74, 6) is 1.02. The molecular formula is C14H19BrClNO. The van der Waals surface area contributed by atoms with Gasteiger partial charge in [0.05, 0.1) is 6.42 Å². The van der Waals surface area contributed by atoms with Gasteiger partial charge in [0, 0.05) is 16.4 Å². The van der Waals surface area contributed by atoms with Gasteiger partial charge < -0.3 is 5.32 Å². The Hall–Kier alpha value is -0.540. The summed E-state index contributed by atoms with van der Waals surface area (Å²) in [5.41, 5.74) is 1.000. The van der Waals surface area contributed by atoms with E-state index in [-0.39, 0.29) is 11.9 Å². The van der Waals surface area contributed by atoms with Crippen molar-refractivity contribution in [1.82, 2.24) is 5.32 Å². The Balaban J connectivity index is 2.50. The Morgan fingerprint density at radius 3 is 2.72 bits per heavy atom. The van der Waals surface area contributed by atoms with Crippen LogP contribution in [-0.4, -0.2) is 17.8 Å². The van der Waals surface area contributed by atoms with Crippen LogP contribution in [0.5, 0.6) is 0 Å². The van der Waals surface area contributed by atoms with E-state index in [1.54, 1.807) is 0 Å². The molecule has 0 aliphatic rings. The second-order valence-electron chi connectivity index (χ2n) is 4.85. The van der Waals surface area contributed by atoms with E-state index in [0.717, 1.165) is 16.5 Å². The first kappa shape index (κ1) is 15.5. The number of hydrogen-bond acceptors (Lipinski definition) is 1. The van der Waals surface area contributed by atoms with Gasteiger partial charge in [-0.05, 0) is 30.0 Å². The second-order valence-corrected chi connectivity index (χ2v) is 6.08. The van der Waals surface area contributed by atoms with Crippen molar-refractivity contribution in [2.75, 3.05) is 5.88 Å². The molecule has 0 spiro atoms. The molecule has 18 heavy (non-hydrogen) atoms. The fourth-order valence-corrected chi connectivity index (χ4v) is 2.49. The second kappa shape index (κ2) is 7.80. The minimum atomic E-state index is 0.0272. The van der Waals surface area contributed by atoms with Crippen molar-refractivity contribution >= 4 is 33.4 Å². The molecule has 1 aromatic rings. The van der Waals surface area contributed by atoms with Crippen molar-refractivity contribution in [2.24, 2.45) is 5.92 Å². The first-order valence-electron chi connectivity index (χ1n) is 6.11. The maximum absolute atomic E-state index is 11.9. The highest BCUT2D eigenvalue weighted by Crippen LogP contribution is 2.12. The Labute approximate surface area is 122 Å². The van der Waals surface area contributed by atoms with Gasteiger partial charge in [-0.1, -0.05) is 41.9 Å². The maximum Gasteiger partial charge on any atom is 0.224 e. The van der Waals surface area contributed by atoms with Crippen molar-refractivity contribution in [3.05, 3.63) is 34.3 Å². The lowest BCUT2D eigenvalue weighted by atomic mass is 10.0. The van der Waals surface area contributed by atoms with Crippen LogP contribution < -0.4 is 5.32 Å². The largest absolute Gasteiger partial charge is 0.352 e. The molecule has 0 aromatic heterocycles. The minimum Gasteiger partial charge on any atom is -0.352 e. The summed E-state index contributed by atoms with van der Waals surface area (Å²) in [6, 6.07) is 7.84. The van der Waals surface area contributed by atoms with Gasteiger partial charge in [0.2, 0.25) is 5.91 Å². The molecule has 0 heterocycles. The zero-order valence-electron chi connectivity index (χ0n) is 10.7. The zero-order valence-corrected chi connectivity index (χ0v) is 13.1. The van der Waals surface area contributed by atoms with E-state index < -0.39 is 0 Å². The fourth-order valence-electron chi connectivity index (χ4n) is 1.84. The average Bonchev–Trinajstić information content (AvgIpc) is 2.27. The van der Waals surface area contributed by atoms with Crippen molar-refractivity contribution in [2.45, 2.75) is 32.7 Å². The molecule has 1 rings (SSSR count). The highest BCUT2D eigenvalue weighted by atomic mass is 79.9. The van der Waals surface area contributed by atoms with Crippen LogP contribution in [0.2, 0.25) is 0 Å². The Bertz CT molecular complexity index is 395. The molecule has 1 amide bonds. The van der Waals surface area contributed by atoms with E-state index in [1.807, 2.05) is 24.3 Å². The summed E-state index contributed by atoms with van der Waals surface area (Å²) in [6.07, 6.45) is 1.30. The smallest absolute Gasteiger partial charge is 0.224 e. The molecular weight excluding hydrogens is 314 g/mol. The molecule has 0 aliphatic heterocycles. The Morgan fingerprint density at radius 1 is 1.44 bits per heavy atom. The number of hydrogen-bond donors (Lipinski definition) is 1. The van der Waals surface area contributed by atoms with E-state index in [1.165, 1.54) is 0 Å². The fraction of sp³-hybridized carbons (Fsp3) is 0.500. The van der Waals surface area contributed by atoms with E-state index in [9.17, 15) is 4.79 Å². The molecule has 0 aliphatic carbocycles. The topological polar surface area (TPSA) is 29.1 Å². The number of benzene rings is 1. The van der Waals surface area contributed by atoms with Crippen molar-refractivity contribution in [3.8, 4) is 0 Å². The molecule has 1 N–H and O–H groups in total. The van der Waals surface area contributed by atoms with Crippen LogP contribution >= 0.6 is 27.5 Å². The molecule has 4 heteroatoms. The average molecular weight is 333 g/mol. The van der Waals surface area contributed by atoms with Crippen LogP contribution in [-0.2, 0) is 11.2 Å². The lowest BCUT2D eigenvalue weighted by molar-refractivity contribution is -0.121. The van der Waals surface area contributed by atoms with E-state index >= 15 is 0 Å². The summed E-state index contributed by atoms with van der Waals surface area (Å²) < 4.78 is 0.990. The molecule has 0 saturated carbocycles. The standard InChI is InChI=1S/C14H19BrClNO/c1-10(2)6-13(9-16)17-14(18)8-11-4-3-5-12(15)7-11/h3-5,7,10,13H,6,8-9H2,1-2H3,(H,17,18). The van der Waals surface area contributed by atoms with E-state index in [2.05, 4.69) is 35.1 Å². The van der Waals surface area contributed by atoms with Gasteiger partial charge in [-0.3, -0.25) is 4.79 Å². The molecule has 1 atom stereocenters. The van der Waals surface area contributed by atoms with E-state index in [0.29, 0.717) is 18.2 Å². The highest BCUT2D eigenvalue weighted by molar-refractivity contribution is 9.10. The van der Waals surface area contributed by atoms with Gasteiger partial charge in [-0.2, -0.15) is 0 Å². The molecule has 0 bridgehead atoms. The van der Waals surface area contributed by atoms with E-state index in [4.69, 9.17) is 11.6 Å². The first-order valence-corrected chi connectivity index (χ1v) is 7.43. The molecule has 0 fully saturated rings. The third-order valence-corrected chi connectivity index (χ3v) is 3.43. The van der Waals surface area contributed by atoms with Crippen LogP contribution in [0.25, 0.3) is 0 Å². The number of rotatable bonds is 6. The predicted octanol–water partition coefficient (Wildman–Crippen LogP) is 3.76. The summed E-state index contributed by atoms with van der Waals surface area (Å²) in [7, 11) is 0. The van der Waals surface area contributed by atoms with Gasteiger partial charge in [-0.25, -0.2) is 0 Å². The predicted molar refractivity (Wildman–Crippen MR) is 80.0 cm³/mol. The van der Waals surface area contributed by atoms with Crippen molar-refractivity contribution in [1.29, 1.82) is 0 Å². The quantitative estimate of drug-likeness (QED) is 0.790. The number of amides is 1. The third kappa shape index (κ3) is 5.87. The van der Waals surface area contributed by atoms with Crippen LogP contribution in [0.15, 0.2) is 28.7 Å². The molecule has 2 nitrogen and oxygen atoms in total. The number of carbonyl (C=O) groups excluding carboxylic acids is 1. The maximum atomic E-state index is 11.9. The minimum absolute atomic E-state index is 0.0272. The van der Waals surface area contributed by atoms with Gasteiger partial charge in [0.25, 0.3) is 0 Å². The van der Waals surface area contributed by atoms with Crippen LogP contribution in [0.4, 0.5) is 0 Å².